The average molecular weight is 398 g/mol. The number of ether oxygens (including phenoxy) is 4. The molecular weight excluding hydrogens is 362 g/mol. The molecule has 0 saturated heterocycles. The number of carboxylic acid groups (broad SMARTS) is 1. The number of carboxylic acids is 1. The lowest BCUT2D eigenvalue weighted by molar-refractivity contribution is -0.138. The average Bonchev–Trinajstić information content (AvgIpc) is 2.69. The van der Waals surface area contributed by atoms with Crippen molar-refractivity contribution in [2.24, 2.45) is 5.73 Å². The van der Waals surface area contributed by atoms with E-state index in [2.05, 4.69) is 12.1 Å². The maximum atomic E-state index is 10.3. The highest BCUT2D eigenvalue weighted by molar-refractivity contribution is 5.66. The Morgan fingerprint density at radius 3 is 1.96 bits per heavy atom. The molecule has 0 heterocycles. The Balaban J connectivity index is 1.79. The van der Waals surface area contributed by atoms with Crippen molar-refractivity contribution >= 4 is 5.97 Å². The summed E-state index contributed by atoms with van der Waals surface area (Å²) < 4.78 is 21.7. The molecule has 3 N–H and O–H groups in total. The van der Waals surface area contributed by atoms with E-state index in [0.717, 1.165) is 51.1 Å². The highest BCUT2D eigenvalue weighted by Crippen LogP contribution is 2.13. The van der Waals surface area contributed by atoms with Gasteiger partial charge in [0.1, 0.15) is 5.75 Å². The highest BCUT2D eigenvalue weighted by Gasteiger charge is 1.98. The number of carbonyl (C=O) groups is 1. The van der Waals surface area contributed by atoms with E-state index in [0.29, 0.717) is 33.0 Å². The van der Waals surface area contributed by atoms with Gasteiger partial charge in [-0.25, -0.2) is 0 Å². The predicted octanol–water partition coefficient (Wildman–Crippen LogP) is 2.65. The third-order valence-corrected chi connectivity index (χ3v) is 4.01. The fourth-order valence-electron chi connectivity index (χ4n) is 2.47. The van der Waals surface area contributed by atoms with Crippen LogP contribution in [-0.4, -0.2) is 63.9 Å². The SMILES string of the molecule is NCCc1ccc(OCCCCCCOCCOCCOCCC(=O)O)cc1. The quantitative estimate of drug-likeness (QED) is 0.346. The second-order valence-corrected chi connectivity index (χ2v) is 6.43. The highest BCUT2D eigenvalue weighted by atomic mass is 16.5. The predicted molar refractivity (Wildman–Crippen MR) is 108 cm³/mol. The topological polar surface area (TPSA) is 100 Å². The molecule has 28 heavy (non-hydrogen) atoms. The molecule has 0 saturated carbocycles. The molecule has 160 valence electrons. The smallest absolute Gasteiger partial charge is 0.305 e. The molecule has 0 aliphatic carbocycles. The first-order valence-electron chi connectivity index (χ1n) is 10.1. The summed E-state index contributed by atoms with van der Waals surface area (Å²) in [6.07, 6.45) is 5.24. The molecule has 0 radical (unpaired) electrons. The van der Waals surface area contributed by atoms with Crippen LogP contribution in [0.5, 0.6) is 5.75 Å². The van der Waals surface area contributed by atoms with Crippen LogP contribution in [0.3, 0.4) is 0 Å². The molecule has 0 aliphatic heterocycles. The van der Waals surface area contributed by atoms with Gasteiger partial charge in [0, 0.05) is 6.61 Å². The molecule has 1 rings (SSSR count). The van der Waals surface area contributed by atoms with E-state index in [1.54, 1.807) is 0 Å². The van der Waals surface area contributed by atoms with Gasteiger partial charge in [0.15, 0.2) is 0 Å². The monoisotopic (exact) mass is 397 g/mol. The number of rotatable bonds is 19. The Bertz CT molecular complexity index is 494. The molecule has 0 unspecified atom stereocenters. The van der Waals surface area contributed by atoms with Crippen LogP contribution in [0.25, 0.3) is 0 Å². The van der Waals surface area contributed by atoms with Crippen molar-refractivity contribution in [1.29, 1.82) is 0 Å². The minimum Gasteiger partial charge on any atom is -0.494 e. The summed E-state index contributed by atoms with van der Waals surface area (Å²) in [4.78, 5) is 10.3. The number of unbranched alkanes of at least 4 members (excludes halogenated alkanes) is 3. The van der Waals surface area contributed by atoms with E-state index in [4.69, 9.17) is 29.8 Å². The summed E-state index contributed by atoms with van der Waals surface area (Å²) in [5, 5.41) is 8.45. The van der Waals surface area contributed by atoms with Gasteiger partial charge in [0.2, 0.25) is 0 Å². The van der Waals surface area contributed by atoms with Gasteiger partial charge in [-0.3, -0.25) is 4.79 Å². The van der Waals surface area contributed by atoms with Crippen LogP contribution in [0, 0.1) is 0 Å². The third-order valence-electron chi connectivity index (χ3n) is 4.01. The Kier molecular flexibility index (Phi) is 15.2. The number of benzene rings is 1. The maximum absolute atomic E-state index is 10.3. The van der Waals surface area contributed by atoms with Crippen LogP contribution in [0.15, 0.2) is 24.3 Å². The third kappa shape index (κ3) is 14.4. The Morgan fingerprint density at radius 2 is 1.36 bits per heavy atom. The number of hydrogen-bond donors (Lipinski definition) is 2. The normalized spacial score (nSPS) is 10.9. The lowest BCUT2D eigenvalue weighted by atomic mass is 10.1. The Morgan fingerprint density at radius 1 is 0.786 bits per heavy atom. The summed E-state index contributed by atoms with van der Waals surface area (Å²) in [6, 6.07) is 8.14. The van der Waals surface area contributed by atoms with Gasteiger partial charge in [-0.05, 0) is 49.9 Å². The van der Waals surface area contributed by atoms with Crippen molar-refractivity contribution in [3.8, 4) is 5.75 Å². The van der Waals surface area contributed by atoms with E-state index < -0.39 is 5.97 Å². The molecule has 0 amide bonds. The van der Waals surface area contributed by atoms with Crippen molar-refractivity contribution < 1.29 is 28.8 Å². The minimum atomic E-state index is -0.852. The van der Waals surface area contributed by atoms with Gasteiger partial charge in [0.05, 0.1) is 46.1 Å². The van der Waals surface area contributed by atoms with Crippen molar-refractivity contribution in [1.82, 2.24) is 0 Å². The number of hydrogen-bond acceptors (Lipinski definition) is 6. The minimum absolute atomic E-state index is 0.0254. The molecule has 0 aromatic heterocycles. The fraction of sp³-hybridized carbons (Fsp3) is 0.667. The first-order chi connectivity index (χ1) is 13.7. The van der Waals surface area contributed by atoms with Crippen LogP contribution >= 0.6 is 0 Å². The number of nitrogens with two attached hydrogens (primary N) is 1. The van der Waals surface area contributed by atoms with Crippen molar-refractivity contribution in [3.63, 3.8) is 0 Å². The van der Waals surface area contributed by atoms with Crippen LogP contribution in [-0.2, 0) is 25.4 Å². The molecule has 0 atom stereocenters. The van der Waals surface area contributed by atoms with Gasteiger partial charge in [0.25, 0.3) is 0 Å². The van der Waals surface area contributed by atoms with Crippen molar-refractivity contribution in [2.45, 2.75) is 38.5 Å². The van der Waals surface area contributed by atoms with E-state index >= 15 is 0 Å². The van der Waals surface area contributed by atoms with Crippen LogP contribution in [0.1, 0.15) is 37.7 Å². The van der Waals surface area contributed by atoms with Gasteiger partial charge in [-0.1, -0.05) is 18.6 Å². The first kappa shape index (κ1) is 24.4. The van der Waals surface area contributed by atoms with E-state index in [9.17, 15) is 4.79 Å². The molecule has 0 fully saturated rings. The van der Waals surface area contributed by atoms with Crippen LogP contribution in [0.2, 0.25) is 0 Å². The zero-order chi connectivity index (χ0) is 20.3. The second-order valence-electron chi connectivity index (χ2n) is 6.43. The lowest BCUT2D eigenvalue weighted by Gasteiger charge is -2.08. The van der Waals surface area contributed by atoms with Crippen molar-refractivity contribution in [2.75, 3.05) is 52.8 Å². The molecule has 7 heteroatoms. The van der Waals surface area contributed by atoms with Gasteiger partial charge in [-0.2, -0.15) is 0 Å². The van der Waals surface area contributed by atoms with Crippen molar-refractivity contribution in [3.05, 3.63) is 29.8 Å². The second kappa shape index (κ2) is 17.4. The molecule has 7 nitrogen and oxygen atoms in total. The summed E-state index contributed by atoms with van der Waals surface area (Å²) in [5.41, 5.74) is 6.78. The van der Waals surface area contributed by atoms with Gasteiger partial charge in [-0.15, -0.1) is 0 Å². The molecule has 1 aromatic carbocycles. The standard InChI is InChI=1S/C21H35NO6/c22-11-9-19-5-7-20(8-6-19)28-13-4-2-1-3-12-25-15-17-27-18-16-26-14-10-21(23)24/h5-8H,1-4,9-18,22H2,(H,23,24). The summed E-state index contributed by atoms with van der Waals surface area (Å²) in [6.45, 7) is 4.33. The van der Waals surface area contributed by atoms with Gasteiger partial charge >= 0.3 is 5.97 Å². The largest absolute Gasteiger partial charge is 0.494 e. The van der Waals surface area contributed by atoms with Gasteiger partial charge < -0.3 is 29.8 Å². The molecule has 0 spiro atoms. The molecule has 0 bridgehead atoms. The summed E-state index contributed by atoms with van der Waals surface area (Å²) >= 11 is 0. The van der Waals surface area contributed by atoms with E-state index in [1.165, 1.54) is 5.56 Å². The van der Waals surface area contributed by atoms with Crippen LogP contribution < -0.4 is 10.5 Å². The van der Waals surface area contributed by atoms with E-state index in [1.807, 2.05) is 12.1 Å². The maximum Gasteiger partial charge on any atom is 0.305 e. The first-order valence-corrected chi connectivity index (χ1v) is 10.1. The van der Waals surface area contributed by atoms with E-state index in [-0.39, 0.29) is 13.0 Å². The summed E-state index contributed by atoms with van der Waals surface area (Å²) in [7, 11) is 0. The molecule has 1 aromatic rings. The molecular formula is C21H35NO6. The summed E-state index contributed by atoms with van der Waals surface area (Å²) in [5.74, 6) is 0.0617. The fourth-order valence-corrected chi connectivity index (χ4v) is 2.47. The Labute approximate surface area is 168 Å². The van der Waals surface area contributed by atoms with Crippen LogP contribution in [0.4, 0.5) is 0 Å². The molecule has 0 aliphatic rings. The zero-order valence-electron chi connectivity index (χ0n) is 16.8. The lowest BCUT2D eigenvalue weighted by Crippen LogP contribution is -2.11. The Hall–Kier alpha value is -1.67. The number of aliphatic carboxylic acids is 1. The zero-order valence-corrected chi connectivity index (χ0v) is 16.8.